The van der Waals surface area contributed by atoms with Gasteiger partial charge in [0.25, 0.3) is 0 Å². The first-order valence-corrected chi connectivity index (χ1v) is 11.1. The zero-order valence-corrected chi connectivity index (χ0v) is 19.5. The van der Waals surface area contributed by atoms with Crippen LogP contribution >= 0.6 is 0 Å². The van der Waals surface area contributed by atoms with Crippen LogP contribution in [0.4, 0.5) is 0 Å². The van der Waals surface area contributed by atoms with Gasteiger partial charge >= 0.3 is 0 Å². The number of carbonyl (C=O) groups excluding carboxylic acids is 3. The third kappa shape index (κ3) is 23.0. The Balaban J connectivity index is 3.29. The highest BCUT2D eigenvalue weighted by atomic mass is 16.5. The van der Waals surface area contributed by atoms with E-state index in [2.05, 4.69) is 10.6 Å². The van der Waals surface area contributed by atoms with Crippen LogP contribution in [-0.2, 0) is 42.8 Å². The number of ether oxygens (including phenoxy) is 6. The van der Waals surface area contributed by atoms with Crippen molar-refractivity contribution in [2.75, 3.05) is 92.9 Å². The molecule has 0 bridgehead atoms. The van der Waals surface area contributed by atoms with Crippen LogP contribution < -0.4 is 10.6 Å². The summed E-state index contributed by atoms with van der Waals surface area (Å²) in [5.74, 6) is -0.388. The molecule has 0 atom stereocenters. The molecule has 0 aromatic heterocycles. The highest BCUT2D eigenvalue weighted by Crippen LogP contribution is 1.94. The second kappa shape index (κ2) is 24.0. The van der Waals surface area contributed by atoms with Crippen molar-refractivity contribution in [3.8, 4) is 0 Å². The summed E-state index contributed by atoms with van der Waals surface area (Å²) in [5.41, 5.74) is 0. The molecule has 0 saturated carbocycles. The quantitative estimate of drug-likeness (QED) is 0.185. The smallest absolute Gasteiger partial charge is 0.246 e. The van der Waals surface area contributed by atoms with Crippen LogP contribution in [0.25, 0.3) is 0 Å². The molecule has 0 aliphatic heterocycles. The van der Waals surface area contributed by atoms with Crippen molar-refractivity contribution in [1.82, 2.24) is 10.6 Å². The van der Waals surface area contributed by atoms with Gasteiger partial charge in [0.15, 0.2) is 5.78 Å². The van der Waals surface area contributed by atoms with E-state index in [0.29, 0.717) is 78.8 Å². The number of carbonyl (C=O) groups is 3. The molecular formula is C21H40N2O9. The summed E-state index contributed by atoms with van der Waals surface area (Å²) < 4.78 is 31.4. The fourth-order valence-electron chi connectivity index (χ4n) is 2.15. The molecule has 11 heteroatoms. The number of rotatable bonds is 24. The minimum atomic E-state index is -0.202. The SMILES string of the molecule is CCCOCCOCC(=O)NCCOCCOCC(=O)CCCOCCOCC(=O)NC. The zero-order valence-electron chi connectivity index (χ0n) is 19.5. The first kappa shape index (κ1) is 30.4. The normalized spacial score (nSPS) is 10.8. The van der Waals surface area contributed by atoms with Crippen molar-refractivity contribution in [1.29, 1.82) is 0 Å². The van der Waals surface area contributed by atoms with E-state index in [1.165, 1.54) is 0 Å². The molecule has 2 amide bonds. The standard InChI is InChI=1S/C21H40N2O9/c1-3-7-27-10-14-32-18-21(26)23-6-9-29-12-13-30-16-19(24)5-4-8-28-11-15-31-17-20(25)22-2/h3-18H2,1-2H3,(H,22,25)(H,23,26). The molecular weight excluding hydrogens is 424 g/mol. The Kier molecular flexibility index (Phi) is 22.8. The molecule has 0 heterocycles. The number of ketones is 1. The lowest BCUT2D eigenvalue weighted by Gasteiger charge is -2.08. The predicted molar refractivity (Wildman–Crippen MR) is 117 cm³/mol. The highest BCUT2D eigenvalue weighted by molar-refractivity contribution is 5.79. The summed E-state index contributed by atoms with van der Waals surface area (Å²) in [5, 5.41) is 5.14. The summed E-state index contributed by atoms with van der Waals surface area (Å²) in [6.07, 6.45) is 1.93. The van der Waals surface area contributed by atoms with E-state index >= 15 is 0 Å². The molecule has 32 heavy (non-hydrogen) atoms. The van der Waals surface area contributed by atoms with Crippen LogP contribution in [0.15, 0.2) is 0 Å². The number of likely N-dealkylation sites (N-methyl/N-ethyl adjacent to an activating group) is 1. The topological polar surface area (TPSA) is 131 Å². The molecule has 0 aromatic rings. The maximum Gasteiger partial charge on any atom is 0.246 e. The summed E-state index contributed by atoms with van der Waals surface area (Å²) in [6.45, 7) is 6.17. The van der Waals surface area contributed by atoms with Crippen molar-refractivity contribution in [3.05, 3.63) is 0 Å². The van der Waals surface area contributed by atoms with Crippen LogP contribution in [0.3, 0.4) is 0 Å². The first-order chi connectivity index (χ1) is 15.6. The number of Topliss-reactive ketones (excluding diaryl/α,β-unsaturated/α-hetero) is 1. The largest absolute Gasteiger partial charge is 0.379 e. The van der Waals surface area contributed by atoms with Gasteiger partial charge in [0, 0.05) is 33.2 Å². The Bertz CT molecular complexity index is 478. The molecule has 0 saturated heterocycles. The summed E-state index contributed by atoms with van der Waals surface area (Å²) >= 11 is 0. The number of hydrogen-bond acceptors (Lipinski definition) is 9. The van der Waals surface area contributed by atoms with Gasteiger partial charge < -0.3 is 39.1 Å². The van der Waals surface area contributed by atoms with Crippen molar-refractivity contribution in [3.63, 3.8) is 0 Å². The van der Waals surface area contributed by atoms with Gasteiger partial charge in [-0.1, -0.05) is 6.92 Å². The van der Waals surface area contributed by atoms with Gasteiger partial charge in [0.2, 0.25) is 11.8 Å². The van der Waals surface area contributed by atoms with E-state index in [1.54, 1.807) is 7.05 Å². The predicted octanol–water partition coefficient (Wildman–Crippen LogP) is -0.292. The molecule has 0 aliphatic rings. The summed E-state index contributed by atoms with van der Waals surface area (Å²) in [7, 11) is 1.54. The van der Waals surface area contributed by atoms with Crippen LogP contribution in [-0.4, -0.2) is 110 Å². The van der Waals surface area contributed by atoms with Gasteiger partial charge in [-0.05, 0) is 12.8 Å². The molecule has 0 rings (SSSR count). The van der Waals surface area contributed by atoms with E-state index in [9.17, 15) is 14.4 Å². The minimum absolute atomic E-state index is 0.00277. The van der Waals surface area contributed by atoms with Crippen LogP contribution in [0.2, 0.25) is 0 Å². The molecule has 0 aromatic carbocycles. The van der Waals surface area contributed by atoms with Crippen molar-refractivity contribution in [2.45, 2.75) is 26.2 Å². The molecule has 188 valence electrons. The molecule has 0 fully saturated rings. The Hall–Kier alpha value is -1.63. The van der Waals surface area contributed by atoms with E-state index in [0.717, 1.165) is 6.42 Å². The Morgan fingerprint density at radius 2 is 1.16 bits per heavy atom. The molecule has 11 nitrogen and oxygen atoms in total. The van der Waals surface area contributed by atoms with E-state index in [-0.39, 0.29) is 37.4 Å². The van der Waals surface area contributed by atoms with E-state index in [1.807, 2.05) is 6.92 Å². The van der Waals surface area contributed by atoms with E-state index < -0.39 is 0 Å². The van der Waals surface area contributed by atoms with Crippen LogP contribution in [0, 0.1) is 0 Å². The number of amides is 2. The highest BCUT2D eigenvalue weighted by Gasteiger charge is 2.03. The lowest BCUT2D eigenvalue weighted by molar-refractivity contribution is -0.127. The molecule has 0 unspecified atom stereocenters. The van der Waals surface area contributed by atoms with Crippen molar-refractivity contribution >= 4 is 17.6 Å². The van der Waals surface area contributed by atoms with E-state index in [4.69, 9.17) is 28.4 Å². The Labute approximate surface area is 190 Å². The summed E-state index contributed by atoms with van der Waals surface area (Å²) in [6, 6.07) is 0. The van der Waals surface area contributed by atoms with Gasteiger partial charge in [-0.25, -0.2) is 0 Å². The number of hydrogen-bond donors (Lipinski definition) is 2. The minimum Gasteiger partial charge on any atom is -0.379 e. The third-order valence-electron chi connectivity index (χ3n) is 3.79. The number of nitrogens with one attached hydrogen (secondary N) is 2. The Morgan fingerprint density at radius 3 is 1.78 bits per heavy atom. The van der Waals surface area contributed by atoms with Crippen LogP contribution in [0.5, 0.6) is 0 Å². The maximum absolute atomic E-state index is 11.7. The molecule has 2 N–H and O–H groups in total. The second-order valence-electron chi connectivity index (χ2n) is 6.66. The van der Waals surface area contributed by atoms with Crippen molar-refractivity contribution in [2.24, 2.45) is 0 Å². The fraction of sp³-hybridized carbons (Fsp3) is 0.857. The lowest BCUT2D eigenvalue weighted by atomic mass is 10.2. The average molecular weight is 465 g/mol. The second-order valence-corrected chi connectivity index (χ2v) is 6.66. The van der Waals surface area contributed by atoms with Crippen LogP contribution in [0.1, 0.15) is 26.2 Å². The molecule has 0 radical (unpaired) electrons. The summed E-state index contributed by atoms with van der Waals surface area (Å²) in [4.78, 5) is 34.2. The molecule has 0 spiro atoms. The Morgan fingerprint density at radius 1 is 0.625 bits per heavy atom. The monoisotopic (exact) mass is 464 g/mol. The lowest BCUT2D eigenvalue weighted by Crippen LogP contribution is -2.31. The zero-order chi connectivity index (χ0) is 23.7. The maximum atomic E-state index is 11.7. The average Bonchev–Trinajstić information content (AvgIpc) is 2.79. The van der Waals surface area contributed by atoms with Gasteiger partial charge in [0.05, 0.1) is 46.2 Å². The van der Waals surface area contributed by atoms with Gasteiger partial charge in [-0.2, -0.15) is 0 Å². The van der Waals surface area contributed by atoms with Gasteiger partial charge in [-0.15, -0.1) is 0 Å². The fourth-order valence-corrected chi connectivity index (χ4v) is 2.15. The molecule has 0 aliphatic carbocycles. The van der Waals surface area contributed by atoms with Crippen molar-refractivity contribution < 1.29 is 42.8 Å². The third-order valence-corrected chi connectivity index (χ3v) is 3.79. The van der Waals surface area contributed by atoms with Gasteiger partial charge in [-0.3, -0.25) is 14.4 Å². The van der Waals surface area contributed by atoms with Gasteiger partial charge in [0.1, 0.15) is 19.8 Å². The first-order valence-electron chi connectivity index (χ1n) is 11.1.